The molecule has 0 spiro atoms. The zero-order valence-electron chi connectivity index (χ0n) is 11.0. The second-order valence-corrected chi connectivity index (χ2v) is 4.96. The van der Waals surface area contributed by atoms with Gasteiger partial charge in [0, 0.05) is 28.7 Å². The zero-order chi connectivity index (χ0) is 14.4. The number of benzene rings is 1. The van der Waals surface area contributed by atoms with Crippen molar-refractivity contribution in [3.63, 3.8) is 0 Å². The van der Waals surface area contributed by atoms with Gasteiger partial charge in [0.15, 0.2) is 0 Å². The monoisotopic (exact) mass is 271 g/mol. The van der Waals surface area contributed by atoms with Crippen molar-refractivity contribution in [3.8, 4) is 0 Å². The van der Waals surface area contributed by atoms with Crippen molar-refractivity contribution in [2.24, 2.45) is 0 Å². The van der Waals surface area contributed by atoms with E-state index >= 15 is 0 Å². The smallest absolute Gasteiger partial charge is 0.389 e. The average molecular weight is 271 g/mol. The van der Waals surface area contributed by atoms with E-state index in [4.69, 9.17) is 0 Å². The van der Waals surface area contributed by atoms with Gasteiger partial charge >= 0.3 is 6.18 Å². The van der Waals surface area contributed by atoms with Crippen molar-refractivity contribution in [2.75, 3.05) is 0 Å². The number of nitrogens with zero attached hydrogens (tertiary/aromatic N) is 1. The number of alkyl halides is 3. The van der Waals surface area contributed by atoms with Crippen LogP contribution in [0.3, 0.4) is 0 Å². The predicted octanol–water partition coefficient (Wildman–Crippen LogP) is 4.29. The first-order chi connectivity index (χ1) is 8.73. The number of rotatable bonds is 2. The van der Waals surface area contributed by atoms with Gasteiger partial charge in [-0.3, -0.25) is 0 Å². The Labute approximate surface area is 109 Å². The molecule has 19 heavy (non-hydrogen) atoms. The standard InChI is InChI=1S/C14H16F3NO/c1-8(2)18-7-10(9(3)19)13-11(14(15,16)17)5-4-6-12(13)18/h4-9,19H,1-3H3. The number of halogens is 3. The first-order valence-electron chi connectivity index (χ1n) is 6.12. The summed E-state index contributed by atoms with van der Waals surface area (Å²) in [5.74, 6) is 0. The van der Waals surface area contributed by atoms with Crippen LogP contribution in [-0.2, 0) is 6.18 Å². The molecule has 0 bridgehead atoms. The first-order valence-corrected chi connectivity index (χ1v) is 6.12. The third kappa shape index (κ3) is 2.34. The number of aliphatic hydroxyl groups is 1. The minimum Gasteiger partial charge on any atom is -0.389 e. The van der Waals surface area contributed by atoms with Gasteiger partial charge in [0.05, 0.1) is 11.7 Å². The number of aromatic nitrogens is 1. The molecule has 2 aromatic rings. The molecule has 2 rings (SSSR count). The zero-order valence-corrected chi connectivity index (χ0v) is 11.0. The first kappa shape index (κ1) is 13.9. The quantitative estimate of drug-likeness (QED) is 0.865. The van der Waals surface area contributed by atoms with Gasteiger partial charge in [-0.05, 0) is 32.9 Å². The maximum Gasteiger partial charge on any atom is 0.417 e. The van der Waals surface area contributed by atoms with Crippen LogP contribution in [0.15, 0.2) is 24.4 Å². The van der Waals surface area contributed by atoms with E-state index in [0.717, 1.165) is 6.07 Å². The van der Waals surface area contributed by atoms with Gasteiger partial charge in [0.1, 0.15) is 0 Å². The highest BCUT2D eigenvalue weighted by Gasteiger charge is 2.34. The molecule has 1 N–H and O–H groups in total. The van der Waals surface area contributed by atoms with Crippen LogP contribution in [-0.4, -0.2) is 9.67 Å². The highest BCUT2D eigenvalue weighted by Crippen LogP contribution is 2.39. The van der Waals surface area contributed by atoms with Gasteiger partial charge in [-0.25, -0.2) is 0 Å². The number of hydrogen-bond acceptors (Lipinski definition) is 1. The van der Waals surface area contributed by atoms with E-state index < -0.39 is 17.8 Å². The van der Waals surface area contributed by atoms with Crippen LogP contribution in [0.5, 0.6) is 0 Å². The van der Waals surface area contributed by atoms with Gasteiger partial charge in [-0.15, -0.1) is 0 Å². The summed E-state index contributed by atoms with van der Waals surface area (Å²) in [5.41, 5.74) is 0.123. The molecule has 0 saturated carbocycles. The van der Waals surface area contributed by atoms with Crippen molar-refractivity contribution in [1.82, 2.24) is 4.57 Å². The lowest BCUT2D eigenvalue weighted by atomic mass is 10.0. The maximum atomic E-state index is 13.1. The summed E-state index contributed by atoms with van der Waals surface area (Å²) < 4.78 is 41.0. The molecule has 1 atom stereocenters. The molecule has 104 valence electrons. The van der Waals surface area contributed by atoms with Crippen LogP contribution in [0, 0.1) is 0 Å². The number of hydrogen-bond donors (Lipinski definition) is 1. The second-order valence-electron chi connectivity index (χ2n) is 4.96. The molecule has 0 saturated heterocycles. The highest BCUT2D eigenvalue weighted by molar-refractivity contribution is 5.88. The van der Waals surface area contributed by atoms with Crippen molar-refractivity contribution >= 4 is 10.9 Å². The molecular weight excluding hydrogens is 255 g/mol. The molecule has 2 nitrogen and oxygen atoms in total. The summed E-state index contributed by atoms with van der Waals surface area (Å²) in [6.45, 7) is 5.27. The summed E-state index contributed by atoms with van der Waals surface area (Å²) in [6.07, 6.45) is -3.76. The van der Waals surface area contributed by atoms with Crippen LogP contribution >= 0.6 is 0 Å². The Balaban J connectivity index is 2.87. The molecule has 1 aromatic heterocycles. The Morgan fingerprint density at radius 2 is 1.79 bits per heavy atom. The normalized spacial score (nSPS) is 14.3. The van der Waals surface area contributed by atoms with E-state index in [1.54, 1.807) is 16.8 Å². The average Bonchev–Trinajstić information content (AvgIpc) is 2.66. The fourth-order valence-electron chi connectivity index (χ4n) is 2.32. The Bertz CT molecular complexity index is 596. The summed E-state index contributed by atoms with van der Waals surface area (Å²) in [4.78, 5) is 0. The van der Waals surface area contributed by atoms with Crippen molar-refractivity contribution in [1.29, 1.82) is 0 Å². The second kappa shape index (κ2) is 4.56. The Kier molecular flexibility index (Phi) is 3.34. The molecule has 0 fully saturated rings. The molecule has 0 amide bonds. The van der Waals surface area contributed by atoms with Gasteiger partial charge in [0.2, 0.25) is 0 Å². The van der Waals surface area contributed by atoms with Crippen LogP contribution in [0.25, 0.3) is 10.9 Å². The van der Waals surface area contributed by atoms with Gasteiger partial charge in [-0.1, -0.05) is 6.07 Å². The lowest BCUT2D eigenvalue weighted by Gasteiger charge is -2.12. The summed E-state index contributed by atoms with van der Waals surface area (Å²) in [5, 5.41) is 9.82. The number of fused-ring (bicyclic) bond motifs is 1. The van der Waals surface area contributed by atoms with E-state index in [1.807, 2.05) is 13.8 Å². The van der Waals surface area contributed by atoms with E-state index in [2.05, 4.69) is 0 Å². The van der Waals surface area contributed by atoms with Crippen molar-refractivity contribution in [2.45, 2.75) is 39.1 Å². The van der Waals surface area contributed by atoms with E-state index in [1.165, 1.54) is 13.0 Å². The Morgan fingerprint density at radius 3 is 2.26 bits per heavy atom. The Morgan fingerprint density at radius 1 is 1.16 bits per heavy atom. The molecule has 0 aliphatic carbocycles. The van der Waals surface area contributed by atoms with Crippen molar-refractivity contribution in [3.05, 3.63) is 35.5 Å². The van der Waals surface area contributed by atoms with Crippen LogP contribution in [0.2, 0.25) is 0 Å². The van der Waals surface area contributed by atoms with Crippen LogP contribution < -0.4 is 0 Å². The summed E-state index contributed by atoms with van der Waals surface area (Å²) in [6, 6.07) is 4.13. The predicted molar refractivity (Wildman–Crippen MR) is 68.0 cm³/mol. The molecule has 0 aliphatic heterocycles. The van der Waals surface area contributed by atoms with E-state index in [0.29, 0.717) is 11.1 Å². The minimum atomic E-state index is -4.42. The molecule has 0 radical (unpaired) electrons. The fourth-order valence-corrected chi connectivity index (χ4v) is 2.32. The number of aliphatic hydroxyl groups excluding tert-OH is 1. The summed E-state index contributed by atoms with van der Waals surface area (Å²) >= 11 is 0. The third-order valence-electron chi connectivity index (χ3n) is 3.20. The van der Waals surface area contributed by atoms with Crippen LogP contribution in [0.4, 0.5) is 13.2 Å². The molecule has 1 heterocycles. The fraction of sp³-hybridized carbons (Fsp3) is 0.429. The molecular formula is C14H16F3NO. The minimum absolute atomic E-state index is 0.0264. The molecule has 1 unspecified atom stereocenters. The van der Waals surface area contributed by atoms with Crippen molar-refractivity contribution < 1.29 is 18.3 Å². The molecule has 5 heteroatoms. The van der Waals surface area contributed by atoms with Crippen LogP contribution in [0.1, 0.15) is 44.0 Å². The summed E-state index contributed by atoms with van der Waals surface area (Å²) in [7, 11) is 0. The van der Waals surface area contributed by atoms with E-state index in [-0.39, 0.29) is 11.4 Å². The van der Waals surface area contributed by atoms with Gasteiger partial charge in [0.25, 0.3) is 0 Å². The lowest BCUT2D eigenvalue weighted by molar-refractivity contribution is -0.136. The highest BCUT2D eigenvalue weighted by atomic mass is 19.4. The van der Waals surface area contributed by atoms with Gasteiger partial charge in [-0.2, -0.15) is 13.2 Å². The molecule has 0 aliphatic rings. The lowest BCUT2D eigenvalue weighted by Crippen LogP contribution is -2.06. The maximum absolute atomic E-state index is 13.1. The third-order valence-corrected chi connectivity index (χ3v) is 3.20. The van der Waals surface area contributed by atoms with Gasteiger partial charge < -0.3 is 9.67 Å². The molecule has 1 aromatic carbocycles. The largest absolute Gasteiger partial charge is 0.417 e. The SMILES string of the molecule is CC(O)c1cn(C(C)C)c2cccc(C(F)(F)F)c12. The van der Waals surface area contributed by atoms with E-state index in [9.17, 15) is 18.3 Å². The Hall–Kier alpha value is -1.49. The topological polar surface area (TPSA) is 25.2 Å².